The number of allylic oxidation sites excluding steroid dienone is 2. The second-order valence-corrected chi connectivity index (χ2v) is 17.5. The maximum Gasteiger partial charge on any atom is 0.255 e. The van der Waals surface area contributed by atoms with Gasteiger partial charge < -0.3 is 19.6 Å². The summed E-state index contributed by atoms with van der Waals surface area (Å²) < 4.78 is 6.85. The summed E-state index contributed by atoms with van der Waals surface area (Å²) in [5, 5.41) is 12.4. The summed E-state index contributed by atoms with van der Waals surface area (Å²) in [5.41, 5.74) is 7.40. The number of imide groups is 1. The van der Waals surface area contributed by atoms with Crippen molar-refractivity contribution in [1.29, 1.82) is 0 Å². The predicted molar refractivity (Wildman–Crippen MR) is 216 cm³/mol. The summed E-state index contributed by atoms with van der Waals surface area (Å²) in [6, 6.07) is 13.6. The SMILES string of the molecule is CC/C(=C(\c1ccc(O)cc1)C1CCC(OC2CCC(CN3CCN(c4ccc5c(c4)CN(C4CCC(=O)NC4=O)C5=O)CC3)CC2)CC1)C1CCCCC1. The smallest absolute Gasteiger partial charge is 0.255 e. The zero-order chi connectivity index (χ0) is 37.9. The topological polar surface area (TPSA) is 102 Å². The summed E-state index contributed by atoms with van der Waals surface area (Å²) in [4.78, 5) is 43.9. The molecular weight excluding hydrogens is 689 g/mol. The monoisotopic (exact) mass is 750 g/mol. The number of carbonyl (C=O) groups excluding carboxylic acids is 3. The quantitative estimate of drug-likeness (QED) is 0.239. The van der Waals surface area contributed by atoms with E-state index in [0.29, 0.717) is 42.4 Å². The first-order chi connectivity index (χ1) is 26.8. The van der Waals surface area contributed by atoms with E-state index in [1.807, 2.05) is 18.2 Å². The van der Waals surface area contributed by atoms with Crippen LogP contribution in [0.25, 0.3) is 5.57 Å². The van der Waals surface area contributed by atoms with Crippen LogP contribution in [0.15, 0.2) is 48.0 Å². The Bertz CT molecular complexity index is 1710. The Morgan fingerprint density at radius 2 is 1.47 bits per heavy atom. The van der Waals surface area contributed by atoms with Crippen molar-refractivity contribution in [2.24, 2.45) is 17.8 Å². The summed E-state index contributed by atoms with van der Waals surface area (Å²) in [5.74, 6) is 1.64. The second kappa shape index (κ2) is 17.2. The maximum atomic E-state index is 13.2. The zero-order valence-corrected chi connectivity index (χ0v) is 33.0. The van der Waals surface area contributed by atoms with E-state index >= 15 is 0 Å². The number of nitrogens with zero attached hydrogens (tertiary/aromatic N) is 3. The molecule has 0 spiro atoms. The number of anilines is 1. The highest BCUT2D eigenvalue weighted by molar-refractivity contribution is 6.05. The fourth-order valence-electron chi connectivity index (χ4n) is 11.0. The summed E-state index contributed by atoms with van der Waals surface area (Å²) in [7, 11) is 0. The minimum Gasteiger partial charge on any atom is -0.508 e. The number of fused-ring (bicyclic) bond motifs is 1. The van der Waals surface area contributed by atoms with Gasteiger partial charge in [0.25, 0.3) is 5.91 Å². The van der Waals surface area contributed by atoms with E-state index in [1.165, 1.54) is 82.7 Å². The number of hydrogen-bond acceptors (Lipinski definition) is 7. The molecule has 2 aromatic rings. The minimum atomic E-state index is -0.578. The molecule has 5 fully saturated rings. The number of phenols is 1. The van der Waals surface area contributed by atoms with E-state index in [-0.39, 0.29) is 24.1 Å². The average molecular weight is 751 g/mol. The number of benzene rings is 2. The van der Waals surface area contributed by atoms with Gasteiger partial charge in [-0.1, -0.05) is 43.9 Å². The molecule has 1 atom stereocenters. The lowest BCUT2D eigenvalue weighted by Gasteiger charge is -2.40. The van der Waals surface area contributed by atoms with Gasteiger partial charge in [0.15, 0.2) is 0 Å². The highest BCUT2D eigenvalue weighted by atomic mass is 16.5. The highest BCUT2D eigenvalue weighted by Gasteiger charge is 2.39. The molecule has 8 rings (SSSR count). The van der Waals surface area contributed by atoms with Gasteiger partial charge in [-0.25, -0.2) is 0 Å². The molecule has 2 saturated heterocycles. The van der Waals surface area contributed by atoms with Crippen molar-refractivity contribution < 1.29 is 24.2 Å². The fraction of sp³-hybridized carbons (Fsp3) is 0.630. The number of amides is 3. The van der Waals surface area contributed by atoms with Crippen LogP contribution in [-0.4, -0.2) is 83.6 Å². The normalized spacial score (nSPS) is 28.9. The number of ether oxygens (including phenoxy) is 1. The third-order valence-electron chi connectivity index (χ3n) is 14.0. The number of piperazine rings is 1. The van der Waals surface area contributed by atoms with E-state index in [1.54, 1.807) is 16.0 Å². The first-order valence-corrected chi connectivity index (χ1v) is 21.8. The number of hydrogen-bond donors (Lipinski definition) is 2. The maximum absolute atomic E-state index is 13.2. The highest BCUT2D eigenvalue weighted by Crippen LogP contribution is 2.44. The Kier molecular flexibility index (Phi) is 12.0. The molecule has 3 heterocycles. The van der Waals surface area contributed by atoms with Gasteiger partial charge in [-0.2, -0.15) is 0 Å². The van der Waals surface area contributed by atoms with E-state index in [0.717, 1.165) is 68.5 Å². The van der Waals surface area contributed by atoms with Crippen molar-refractivity contribution in [2.75, 3.05) is 37.6 Å². The molecule has 0 bridgehead atoms. The van der Waals surface area contributed by atoms with Gasteiger partial charge in [0.2, 0.25) is 11.8 Å². The third-order valence-corrected chi connectivity index (χ3v) is 14.0. The first kappa shape index (κ1) is 38.2. The summed E-state index contributed by atoms with van der Waals surface area (Å²) in [6.07, 6.45) is 18.8. The van der Waals surface area contributed by atoms with Crippen LogP contribution in [0.3, 0.4) is 0 Å². The van der Waals surface area contributed by atoms with Crippen LogP contribution < -0.4 is 10.2 Å². The van der Waals surface area contributed by atoms with Gasteiger partial charge in [-0.05, 0) is 142 Å². The van der Waals surface area contributed by atoms with E-state index in [2.05, 4.69) is 46.3 Å². The largest absolute Gasteiger partial charge is 0.508 e. The lowest BCUT2D eigenvalue weighted by Crippen LogP contribution is -2.52. The Morgan fingerprint density at radius 3 is 2.15 bits per heavy atom. The minimum absolute atomic E-state index is 0.114. The van der Waals surface area contributed by atoms with Gasteiger partial charge >= 0.3 is 0 Å². The fourth-order valence-corrected chi connectivity index (χ4v) is 11.0. The molecule has 3 amide bonds. The molecule has 6 aliphatic rings. The molecule has 9 heteroatoms. The molecule has 9 nitrogen and oxygen atoms in total. The predicted octanol–water partition coefficient (Wildman–Crippen LogP) is 7.85. The molecule has 0 aromatic heterocycles. The van der Waals surface area contributed by atoms with Crippen LogP contribution in [0.2, 0.25) is 0 Å². The van der Waals surface area contributed by atoms with Crippen LogP contribution in [0.4, 0.5) is 5.69 Å². The molecule has 0 radical (unpaired) electrons. The summed E-state index contributed by atoms with van der Waals surface area (Å²) in [6.45, 7) is 7.96. The van der Waals surface area contributed by atoms with Crippen LogP contribution in [0, 0.1) is 17.8 Å². The molecule has 3 aliphatic carbocycles. The van der Waals surface area contributed by atoms with Crippen molar-refractivity contribution in [3.8, 4) is 5.75 Å². The number of phenolic OH excluding ortho intramolecular Hbond substituents is 1. The average Bonchev–Trinajstić information content (AvgIpc) is 3.54. The lowest BCUT2D eigenvalue weighted by atomic mass is 9.72. The first-order valence-electron chi connectivity index (χ1n) is 21.8. The van der Waals surface area contributed by atoms with Crippen LogP contribution in [0.1, 0.15) is 131 Å². The van der Waals surface area contributed by atoms with E-state index < -0.39 is 6.04 Å². The van der Waals surface area contributed by atoms with Crippen molar-refractivity contribution >= 4 is 29.0 Å². The molecule has 2 N–H and O–H groups in total. The second-order valence-electron chi connectivity index (χ2n) is 17.5. The molecule has 55 heavy (non-hydrogen) atoms. The van der Waals surface area contributed by atoms with Crippen molar-refractivity contribution in [3.63, 3.8) is 0 Å². The number of aromatic hydroxyl groups is 1. The van der Waals surface area contributed by atoms with Crippen molar-refractivity contribution in [1.82, 2.24) is 15.1 Å². The van der Waals surface area contributed by atoms with E-state index in [4.69, 9.17) is 4.74 Å². The molecule has 3 saturated carbocycles. The van der Waals surface area contributed by atoms with Gasteiger partial charge in [-0.3, -0.25) is 24.6 Å². The lowest BCUT2D eigenvalue weighted by molar-refractivity contribution is -0.136. The zero-order valence-electron chi connectivity index (χ0n) is 33.0. The number of piperidine rings is 1. The van der Waals surface area contributed by atoms with Crippen LogP contribution in [-0.2, 0) is 20.9 Å². The number of carbonyl (C=O) groups is 3. The Morgan fingerprint density at radius 1 is 0.782 bits per heavy atom. The molecule has 2 aromatic carbocycles. The van der Waals surface area contributed by atoms with Gasteiger partial charge in [0.1, 0.15) is 11.8 Å². The molecular formula is C46H62N4O5. The molecule has 1 unspecified atom stereocenters. The number of rotatable bonds is 10. The van der Waals surface area contributed by atoms with Crippen LogP contribution >= 0.6 is 0 Å². The van der Waals surface area contributed by atoms with Gasteiger partial charge in [0.05, 0.1) is 12.2 Å². The van der Waals surface area contributed by atoms with Crippen LogP contribution in [0.5, 0.6) is 5.75 Å². The standard InChI is InChI=1S/C46H62N4O5/c1-2-40(32-6-4-3-5-7-32)44(33-10-15-37(51)16-11-33)34-12-19-39(20-13-34)55-38-17-8-31(9-18-38)29-48-24-26-49(27-25-48)36-14-21-41-35(28-36)30-50(46(41)54)42-22-23-43(52)47-45(42)53/h10-11,14-16,21,28,31-32,34,38-39,42,51H,2-9,12-13,17-20,22-27,29-30H2,1H3,(H,47,52,53)/b44-40-. The van der Waals surface area contributed by atoms with Crippen molar-refractivity contribution in [2.45, 2.75) is 134 Å². The van der Waals surface area contributed by atoms with Crippen molar-refractivity contribution in [3.05, 3.63) is 64.7 Å². The third kappa shape index (κ3) is 8.68. The number of nitrogens with one attached hydrogen (secondary N) is 1. The molecule has 296 valence electrons. The Balaban J connectivity index is 0.779. The summed E-state index contributed by atoms with van der Waals surface area (Å²) >= 11 is 0. The Labute approximate surface area is 327 Å². The van der Waals surface area contributed by atoms with Gasteiger partial charge in [-0.15, -0.1) is 0 Å². The van der Waals surface area contributed by atoms with E-state index in [9.17, 15) is 19.5 Å². The van der Waals surface area contributed by atoms with Gasteiger partial charge in [0, 0.05) is 56.9 Å². The molecule has 3 aliphatic heterocycles. The Hall–Kier alpha value is -3.69.